The summed E-state index contributed by atoms with van der Waals surface area (Å²) in [6.07, 6.45) is -0.918. The molecule has 10 heteroatoms. The normalized spacial score (nSPS) is 46.8. The molecule has 1 aromatic rings. The average molecular weight is 644 g/mol. The summed E-state index contributed by atoms with van der Waals surface area (Å²) in [7, 11) is 1.89. The van der Waals surface area contributed by atoms with E-state index in [-0.39, 0.29) is 47.9 Å². The maximum atomic E-state index is 14.2. The number of phenolic OH excluding ortho intramolecular Hbond substituents is 2. The molecule has 4 fully saturated rings. The smallest absolute Gasteiger partial charge is 0.160 e. The van der Waals surface area contributed by atoms with Crippen molar-refractivity contribution in [3.05, 3.63) is 35.4 Å². The van der Waals surface area contributed by atoms with Gasteiger partial charge in [-0.25, -0.2) is 0 Å². The zero-order chi connectivity index (χ0) is 33.7. The molecule has 0 amide bonds. The number of fused-ring (bicyclic) bond motifs is 7. The number of aliphatic hydroxyl groups is 5. The molecular weight excluding hydrogens is 590 g/mol. The highest BCUT2D eigenvalue weighted by atomic mass is 16.5. The van der Waals surface area contributed by atoms with Gasteiger partial charge in [-0.1, -0.05) is 27.7 Å². The van der Waals surface area contributed by atoms with Crippen LogP contribution in [0.5, 0.6) is 11.5 Å². The molecule has 0 radical (unpaired) electrons. The maximum absolute atomic E-state index is 14.2. The summed E-state index contributed by atoms with van der Waals surface area (Å²) in [5, 5.41) is 82.5. The van der Waals surface area contributed by atoms with E-state index >= 15 is 0 Å². The molecule has 15 atom stereocenters. The highest BCUT2D eigenvalue weighted by Gasteiger charge is 2.75. The number of aromatic hydroxyl groups is 2. The largest absolute Gasteiger partial charge is 0.508 e. The van der Waals surface area contributed by atoms with Crippen LogP contribution in [0.3, 0.4) is 0 Å². The molecule has 0 bridgehead atoms. The number of rotatable bonds is 7. The van der Waals surface area contributed by atoms with Crippen LogP contribution in [0.15, 0.2) is 29.8 Å². The fourth-order valence-corrected chi connectivity index (χ4v) is 11.1. The molecule has 1 aliphatic heterocycles. The Morgan fingerprint density at radius 2 is 1.70 bits per heavy atom. The second-order valence-electron chi connectivity index (χ2n) is 16.1. The van der Waals surface area contributed by atoms with Crippen LogP contribution in [0.25, 0.3) is 0 Å². The van der Waals surface area contributed by atoms with Crippen LogP contribution in [-0.2, 0) is 9.53 Å². The van der Waals surface area contributed by atoms with Crippen molar-refractivity contribution < 1.29 is 45.3 Å². The van der Waals surface area contributed by atoms with Crippen LogP contribution in [0.2, 0.25) is 0 Å². The third-order valence-corrected chi connectivity index (χ3v) is 13.6. The van der Waals surface area contributed by atoms with E-state index in [9.17, 15) is 40.5 Å². The topological polar surface area (TPSA) is 180 Å². The van der Waals surface area contributed by atoms with Gasteiger partial charge in [0.25, 0.3) is 0 Å². The van der Waals surface area contributed by atoms with E-state index < -0.39 is 70.3 Å². The Kier molecular flexibility index (Phi) is 8.28. The van der Waals surface area contributed by atoms with Gasteiger partial charge in [-0.3, -0.25) is 4.79 Å². The molecule has 8 N–H and O–H groups in total. The molecule has 3 saturated carbocycles. The summed E-state index contributed by atoms with van der Waals surface area (Å²) in [6.45, 7) is 10.5. The van der Waals surface area contributed by atoms with Crippen molar-refractivity contribution >= 4 is 5.78 Å². The summed E-state index contributed by atoms with van der Waals surface area (Å²) in [5.74, 6) is -3.08. The van der Waals surface area contributed by atoms with Crippen molar-refractivity contribution in [3.63, 3.8) is 0 Å². The first-order chi connectivity index (χ1) is 21.4. The lowest BCUT2D eigenvalue weighted by Gasteiger charge is -2.61. The van der Waals surface area contributed by atoms with Crippen molar-refractivity contribution in [3.8, 4) is 11.5 Å². The Bertz CT molecular complexity index is 1380. The molecule has 6 rings (SSSR count). The predicted molar refractivity (Wildman–Crippen MR) is 170 cm³/mol. The minimum atomic E-state index is -1.47. The third-order valence-electron chi connectivity index (χ3n) is 13.6. The van der Waals surface area contributed by atoms with Crippen molar-refractivity contribution in [2.24, 2.45) is 40.4 Å². The van der Waals surface area contributed by atoms with E-state index in [1.807, 2.05) is 27.8 Å². The third kappa shape index (κ3) is 4.65. The molecular formula is C36H53NO9. The van der Waals surface area contributed by atoms with Crippen LogP contribution in [0.4, 0.5) is 0 Å². The van der Waals surface area contributed by atoms with E-state index in [4.69, 9.17) is 4.74 Å². The highest BCUT2D eigenvalue weighted by Crippen LogP contribution is 2.71. The Hall–Kier alpha value is -2.05. The number of ether oxygens (including phenoxy) is 1. The number of phenols is 2. The number of hydrogen-bond donors (Lipinski definition) is 8. The van der Waals surface area contributed by atoms with Gasteiger partial charge in [0.1, 0.15) is 17.6 Å². The van der Waals surface area contributed by atoms with Crippen LogP contribution in [0.1, 0.15) is 78.2 Å². The fourth-order valence-electron chi connectivity index (χ4n) is 11.1. The average Bonchev–Trinajstić information content (AvgIpc) is 3.37. The molecule has 256 valence electrons. The van der Waals surface area contributed by atoms with Gasteiger partial charge < -0.3 is 45.8 Å². The number of benzene rings is 1. The zero-order valence-electron chi connectivity index (χ0n) is 27.8. The SMILES string of the molecule is CNCCC(C)C(C)C(O)C1OC2CC3(O)C4=CC(=O)C5C(c6cc(O)cc(O)c6)C(O)C(O)CC5(C)C4CCC3(C)C2C1(C)O. The number of nitrogens with one attached hydrogen (secondary N) is 1. The first kappa shape index (κ1) is 33.8. The molecule has 10 nitrogen and oxygen atoms in total. The summed E-state index contributed by atoms with van der Waals surface area (Å²) >= 11 is 0. The Labute approximate surface area is 271 Å². The number of carbonyl (C=O) groups is 1. The van der Waals surface area contributed by atoms with Gasteiger partial charge in [0.15, 0.2) is 5.78 Å². The lowest BCUT2D eigenvalue weighted by Crippen LogP contribution is -2.64. The van der Waals surface area contributed by atoms with Gasteiger partial charge in [-0.05, 0) is 98.7 Å². The van der Waals surface area contributed by atoms with E-state index in [0.717, 1.165) is 13.0 Å². The summed E-state index contributed by atoms with van der Waals surface area (Å²) < 4.78 is 6.52. The van der Waals surface area contributed by atoms with Gasteiger partial charge in [0, 0.05) is 35.7 Å². The Balaban J connectivity index is 1.35. The summed E-state index contributed by atoms with van der Waals surface area (Å²) in [6, 6.07) is 4.00. The molecule has 46 heavy (non-hydrogen) atoms. The number of allylic oxidation sites excluding steroid dienone is 1. The van der Waals surface area contributed by atoms with Crippen molar-refractivity contribution in [1.29, 1.82) is 0 Å². The Morgan fingerprint density at radius 1 is 1.04 bits per heavy atom. The number of ketones is 1. The van der Waals surface area contributed by atoms with Crippen molar-refractivity contribution in [2.75, 3.05) is 13.6 Å². The van der Waals surface area contributed by atoms with Crippen LogP contribution in [0, 0.1) is 40.4 Å². The molecule has 0 spiro atoms. The van der Waals surface area contributed by atoms with Gasteiger partial charge in [0.2, 0.25) is 0 Å². The van der Waals surface area contributed by atoms with E-state index in [0.29, 0.717) is 24.0 Å². The predicted octanol–water partition coefficient (Wildman–Crippen LogP) is 2.37. The second-order valence-corrected chi connectivity index (χ2v) is 16.1. The number of hydrogen-bond acceptors (Lipinski definition) is 10. The van der Waals surface area contributed by atoms with Gasteiger partial charge in [-0.2, -0.15) is 0 Å². The molecule has 1 heterocycles. The molecule has 15 unspecified atom stereocenters. The maximum Gasteiger partial charge on any atom is 0.160 e. The van der Waals surface area contributed by atoms with E-state index in [1.165, 1.54) is 24.3 Å². The first-order valence-electron chi connectivity index (χ1n) is 17.0. The van der Waals surface area contributed by atoms with Crippen molar-refractivity contribution in [1.82, 2.24) is 5.32 Å². The molecule has 1 aromatic carbocycles. The van der Waals surface area contributed by atoms with Crippen molar-refractivity contribution in [2.45, 2.75) is 114 Å². The van der Waals surface area contributed by atoms with Crippen LogP contribution < -0.4 is 5.32 Å². The molecule has 5 aliphatic rings. The van der Waals surface area contributed by atoms with Crippen LogP contribution in [-0.4, -0.2) is 96.8 Å². The van der Waals surface area contributed by atoms with Gasteiger partial charge in [-0.15, -0.1) is 0 Å². The second kappa shape index (κ2) is 11.3. The van der Waals surface area contributed by atoms with Gasteiger partial charge >= 0.3 is 0 Å². The minimum absolute atomic E-state index is 0.129. The number of carbonyl (C=O) groups excluding carboxylic acids is 1. The zero-order valence-corrected chi connectivity index (χ0v) is 27.8. The minimum Gasteiger partial charge on any atom is -0.508 e. The van der Waals surface area contributed by atoms with E-state index in [2.05, 4.69) is 12.2 Å². The molecule has 4 aliphatic carbocycles. The monoisotopic (exact) mass is 643 g/mol. The molecule has 0 aromatic heterocycles. The van der Waals surface area contributed by atoms with Crippen LogP contribution >= 0.6 is 0 Å². The molecule has 1 saturated heterocycles. The summed E-state index contributed by atoms with van der Waals surface area (Å²) in [4.78, 5) is 14.2. The summed E-state index contributed by atoms with van der Waals surface area (Å²) in [5.41, 5.74) is -3.66. The Morgan fingerprint density at radius 3 is 2.33 bits per heavy atom. The fraction of sp³-hybridized carbons (Fsp3) is 0.750. The van der Waals surface area contributed by atoms with E-state index in [1.54, 1.807) is 6.92 Å². The standard InChI is InChI=1S/C36H53NO9/c1-17(8-10-37-6)18(2)29(42)32-35(5,44)31-26(46-32)16-36(45)23-14-24(40)28-27(19-11-20(38)13-21(39)12-19)30(43)25(41)15-33(28,3)22(23)7-9-34(31,36)4/h11-14,17-18,22,25-32,37-39,41-45H,7-10,15-16H2,1-6H3. The van der Waals surface area contributed by atoms with Gasteiger partial charge in [0.05, 0.1) is 35.6 Å². The lowest BCUT2D eigenvalue weighted by molar-refractivity contribution is -0.177. The highest BCUT2D eigenvalue weighted by molar-refractivity contribution is 5.96. The first-order valence-corrected chi connectivity index (χ1v) is 17.0. The number of aliphatic hydroxyl groups excluding tert-OH is 3. The lowest BCUT2D eigenvalue weighted by atomic mass is 9.44. The quantitative estimate of drug-likeness (QED) is 0.220.